The van der Waals surface area contributed by atoms with Crippen LogP contribution in [0.4, 0.5) is 5.82 Å². The van der Waals surface area contributed by atoms with E-state index in [0.29, 0.717) is 5.82 Å². The number of aromatic amines is 1. The van der Waals surface area contributed by atoms with E-state index in [2.05, 4.69) is 20.5 Å². The number of hydrogen-bond acceptors (Lipinski definition) is 3. The number of halogens is 1. The molecule has 0 aromatic carbocycles. The SMILES string of the molecule is Cc1[nH]nc(NC(=O)c2cccc(Cl)n2)c1C. The van der Waals surface area contributed by atoms with E-state index in [9.17, 15) is 4.79 Å². The minimum atomic E-state index is -0.331. The van der Waals surface area contributed by atoms with Crippen LogP contribution < -0.4 is 5.32 Å². The van der Waals surface area contributed by atoms with E-state index >= 15 is 0 Å². The number of hydrogen-bond donors (Lipinski definition) is 2. The predicted molar refractivity (Wildman–Crippen MR) is 65.3 cm³/mol. The van der Waals surface area contributed by atoms with Crippen molar-refractivity contribution in [3.05, 3.63) is 40.3 Å². The van der Waals surface area contributed by atoms with Gasteiger partial charge in [-0.05, 0) is 26.0 Å². The number of amides is 1. The summed E-state index contributed by atoms with van der Waals surface area (Å²) in [6.45, 7) is 3.76. The van der Waals surface area contributed by atoms with E-state index in [1.54, 1.807) is 18.2 Å². The van der Waals surface area contributed by atoms with Crippen molar-refractivity contribution in [3.8, 4) is 0 Å². The predicted octanol–water partition coefficient (Wildman–Crippen LogP) is 2.33. The third-order valence-corrected chi connectivity index (χ3v) is 2.64. The van der Waals surface area contributed by atoms with Gasteiger partial charge in [0, 0.05) is 11.3 Å². The molecule has 0 radical (unpaired) electrons. The molecular formula is C11H11ClN4O. The molecule has 0 aliphatic carbocycles. The molecule has 0 atom stereocenters. The van der Waals surface area contributed by atoms with Gasteiger partial charge in [0.05, 0.1) is 0 Å². The summed E-state index contributed by atoms with van der Waals surface area (Å²) in [5, 5.41) is 9.74. The van der Waals surface area contributed by atoms with E-state index in [0.717, 1.165) is 11.3 Å². The second kappa shape index (κ2) is 4.55. The molecule has 2 aromatic heterocycles. The second-order valence-electron chi connectivity index (χ2n) is 3.62. The van der Waals surface area contributed by atoms with Crippen molar-refractivity contribution < 1.29 is 4.79 Å². The molecule has 0 fully saturated rings. The number of anilines is 1. The van der Waals surface area contributed by atoms with Gasteiger partial charge in [-0.2, -0.15) is 5.10 Å². The van der Waals surface area contributed by atoms with Crippen LogP contribution in [0.25, 0.3) is 0 Å². The zero-order valence-corrected chi connectivity index (χ0v) is 10.2. The minimum absolute atomic E-state index is 0.262. The molecule has 2 heterocycles. The summed E-state index contributed by atoms with van der Waals surface area (Å²) in [4.78, 5) is 15.8. The molecule has 0 aliphatic heterocycles. The maximum atomic E-state index is 11.8. The van der Waals surface area contributed by atoms with Crippen LogP contribution in [0.15, 0.2) is 18.2 Å². The Hall–Kier alpha value is -1.88. The Morgan fingerprint density at radius 1 is 1.41 bits per heavy atom. The number of rotatable bonds is 2. The zero-order valence-electron chi connectivity index (χ0n) is 9.41. The van der Waals surface area contributed by atoms with Crippen LogP contribution in [-0.2, 0) is 0 Å². The molecule has 88 valence electrons. The van der Waals surface area contributed by atoms with Crippen molar-refractivity contribution in [2.75, 3.05) is 5.32 Å². The normalized spacial score (nSPS) is 10.3. The number of aromatic nitrogens is 3. The summed E-state index contributed by atoms with van der Waals surface area (Å²) in [5.74, 6) is 0.177. The lowest BCUT2D eigenvalue weighted by molar-refractivity contribution is 0.102. The van der Waals surface area contributed by atoms with Crippen molar-refractivity contribution in [1.29, 1.82) is 0 Å². The molecule has 0 saturated carbocycles. The highest BCUT2D eigenvalue weighted by Crippen LogP contribution is 2.15. The van der Waals surface area contributed by atoms with Crippen molar-refractivity contribution in [1.82, 2.24) is 15.2 Å². The third-order valence-electron chi connectivity index (χ3n) is 2.43. The van der Waals surface area contributed by atoms with Gasteiger partial charge < -0.3 is 5.32 Å². The molecule has 0 spiro atoms. The Morgan fingerprint density at radius 2 is 2.18 bits per heavy atom. The van der Waals surface area contributed by atoms with Gasteiger partial charge in [-0.15, -0.1) is 0 Å². The molecular weight excluding hydrogens is 240 g/mol. The van der Waals surface area contributed by atoms with Crippen LogP contribution in [0, 0.1) is 13.8 Å². The zero-order chi connectivity index (χ0) is 12.4. The summed E-state index contributed by atoms with van der Waals surface area (Å²) in [5.41, 5.74) is 2.08. The molecule has 0 unspecified atom stereocenters. The Morgan fingerprint density at radius 3 is 2.76 bits per heavy atom. The standard InChI is InChI=1S/C11H11ClN4O/c1-6-7(2)15-16-10(6)14-11(17)8-4-3-5-9(12)13-8/h3-5H,1-2H3,(H2,14,15,16,17). The van der Waals surface area contributed by atoms with E-state index < -0.39 is 0 Å². The Balaban J connectivity index is 2.20. The number of nitrogens with one attached hydrogen (secondary N) is 2. The lowest BCUT2D eigenvalue weighted by Crippen LogP contribution is -2.14. The van der Waals surface area contributed by atoms with Gasteiger partial charge in [0.25, 0.3) is 5.91 Å². The fourth-order valence-electron chi connectivity index (χ4n) is 1.31. The maximum absolute atomic E-state index is 11.8. The van der Waals surface area contributed by atoms with Crippen LogP contribution in [0.3, 0.4) is 0 Å². The molecule has 0 aliphatic rings. The maximum Gasteiger partial charge on any atom is 0.275 e. The van der Waals surface area contributed by atoms with E-state index in [-0.39, 0.29) is 16.8 Å². The molecule has 1 amide bonds. The van der Waals surface area contributed by atoms with Crippen molar-refractivity contribution in [3.63, 3.8) is 0 Å². The van der Waals surface area contributed by atoms with Gasteiger partial charge in [0.2, 0.25) is 0 Å². The first-order valence-corrected chi connectivity index (χ1v) is 5.41. The molecule has 0 saturated heterocycles. The van der Waals surface area contributed by atoms with Crippen molar-refractivity contribution >= 4 is 23.3 Å². The molecule has 2 rings (SSSR count). The minimum Gasteiger partial charge on any atom is -0.304 e. The molecule has 6 heteroatoms. The van der Waals surface area contributed by atoms with Gasteiger partial charge in [-0.3, -0.25) is 9.89 Å². The van der Waals surface area contributed by atoms with Crippen LogP contribution >= 0.6 is 11.6 Å². The van der Waals surface area contributed by atoms with Gasteiger partial charge in [-0.1, -0.05) is 17.7 Å². The summed E-state index contributed by atoms with van der Waals surface area (Å²) < 4.78 is 0. The quantitative estimate of drug-likeness (QED) is 0.804. The number of pyridine rings is 1. The lowest BCUT2D eigenvalue weighted by Gasteiger charge is -2.02. The molecule has 2 N–H and O–H groups in total. The van der Waals surface area contributed by atoms with E-state index in [4.69, 9.17) is 11.6 Å². The number of aryl methyl sites for hydroxylation is 1. The largest absolute Gasteiger partial charge is 0.304 e. The summed E-state index contributed by atoms with van der Waals surface area (Å²) in [6.07, 6.45) is 0. The first-order chi connectivity index (χ1) is 8.08. The van der Waals surface area contributed by atoms with Crippen LogP contribution in [0.2, 0.25) is 5.15 Å². The first-order valence-electron chi connectivity index (χ1n) is 5.03. The summed E-state index contributed by atoms with van der Waals surface area (Å²) in [7, 11) is 0. The monoisotopic (exact) mass is 250 g/mol. The second-order valence-corrected chi connectivity index (χ2v) is 4.01. The smallest absolute Gasteiger partial charge is 0.275 e. The summed E-state index contributed by atoms with van der Waals surface area (Å²) in [6, 6.07) is 4.88. The number of nitrogens with zero attached hydrogens (tertiary/aromatic N) is 2. The molecule has 0 bridgehead atoms. The lowest BCUT2D eigenvalue weighted by atomic mass is 10.2. The topological polar surface area (TPSA) is 70.7 Å². The molecule has 5 nitrogen and oxygen atoms in total. The van der Waals surface area contributed by atoms with Gasteiger partial charge in [0.15, 0.2) is 5.82 Å². The van der Waals surface area contributed by atoms with Gasteiger partial charge >= 0.3 is 0 Å². The highest BCUT2D eigenvalue weighted by molar-refractivity contribution is 6.29. The van der Waals surface area contributed by atoms with Crippen molar-refractivity contribution in [2.24, 2.45) is 0 Å². The highest BCUT2D eigenvalue weighted by atomic mass is 35.5. The fourth-order valence-corrected chi connectivity index (χ4v) is 1.48. The first kappa shape index (κ1) is 11.6. The van der Waals surface area contributed by atoms with E-state index in [1.807, 2.05) is 13.8 Å². The number of carbonyl (C=O) groups excluding carboxylic acids is 1. The Bertz CT molecular complexity index is 564. The summed E-state index contributed by atoms with van der Waals surface area (Å²) >= 11 is 5.71. The Labute approximate surface area is 103 Å². The van der Waals surface area contributed by atoms with Gasteiger partial charge in [0.1, 0.15) is 10.8 Å². The third kappa shape index (κ3) is 2.45. The van der Waals surface area contributed by atoms with Crippen LogP contribution in [0.5, 0.6) is 0 Å². The Kier molecular flexibility index (Phi) is 3.10. The number of carbonyl (C=O) groups is 1. The highest BCUT2D eigenvalue weighted by Gasteiger charge is 2.12. The van der Waals surface area contributed by atoms with Crippen LogP contribution in [-0.4, -0.2) is 21.1 Å². The van der Waals surface area contributed by atoms with Crippen molar-refractivity contribution in [2.45, 2.75) is 13.8 Å². The average molecular weight is 251 g/mol. The molecule has 17 heavy (non-hydrogen) atoms. The fraction of sp³-hybridized carbons (Fsp3) is 0.182. The van der Waals surface area contributed by atoms with Gasteiger partial charge in [-0.25, -0.2) is 4.98 Å². The van der Waals surface area contributed by atoms with Crippen LogP contribution in [0.1, 0.15) is 21.7 Å². The van der Waals surface area contributed by atoms with E-state index in [1.165, 1.54) is 0 Å². The average Bonchev–Trinajstić information content (AvgIpc) is 2.61. The molecule has 2 aromatic rings. The number of H-pyrrole nitrogens is 1.